The second-order valence-electron chi connectivity index (χ2n) is 5.13. The van der Waals surface area contributed by atoms with Gasteiger partial charge in [0.15, 0.2) is 5.82 Å². The second kappa shape index (κ2) is 6.24. The number of aromatic nitrogens is 2. The number of rotatable bonds is 5. The molecule has 1 fully saturated rings. The average molecular weight is 289 g/mol. The molecule has 0 aliphatic carbocycles. The van der Waals surface area contributed by atoms with Crippen molar-refractivity contribution in [2.45, 2.75) is 25.0 Å². The van der Waals surface area contributed by atoms with E-state index in [2.05, 4.69) is 15.5 Å². The van der Waals surface area contributed by atoms with Crippen molar-refractivity contribution >= 4 is 0 Å². The first kappa shape index (κ1) is 14.0. The Morgan fingerprint density at radius 2 is 2.10 bits per heavy atom. The highest BCUT2D eigenvalue weighted by atomic mass is 16.5. The zero-order valence-corrected chi connectivity index (χ0v) is 12.2. The standard InChI is InChI=1S/C15H19N3O3/c1-19-11-5-3-10(4-6-11)7-14-17-15(21-18-14)13-8-12(20-2)9-16-13/h3-6,12-13,16H,7-9H2,1-2H3/t12-,13+/m0/s1. The van der Waals surface area contributed by atoms with E-state index < -0.39 is 0 Å². The molecule has 6 nitrogen and oxygen atoms in total. The van der Waals surface area contributed by atoms with Crippen molar-refractivity contribution in [3.05, 3.63) is 41.5 Å². The fourth-order valence-electron chi connectivity index (χ4n) is 2.48. The summed E-state index contributed by atoms with van der Waals surface area (Å²) in [5.74, 6) is 2.17. The summed E-state index contributed by atoms with van der Waals surface area (Å²) < 4.78 is 15.8. The zero-order valence-electron chi connectivity index (χ0n) is 12.2. The highest BCUT2D eigenvalue weighted by Gasteiger charge is 2.29. The van der Waals surface area contributed by atoms with Crippen LogP contribution in [-0.2, 0) is 11.2 Å². The van der Waals surface area contributed by atoms with E-state index in [1.807, 2.05) is 24.3 Å². The van der Waals surface area contributed by atoms with Crippen LogP contribution in [0.15, 0.2) is 28.8 Å². The first-order valence-electron chi connectivity index (χ1n) is 7.00. The van der Waals surface area contributed by atoms with E-state index in [9.17, 15) is 0 Å². The Labute approximate surface area is 123 Å². The van der Waals surface area contributed by atoms with Crippen LogP contribution in [0.1, 0.15) is 29.7 Å². The first-order valence-corrected chi connectivity index (χ1v) is 7.00. The smallest absolute Gasteiger partial charge is 0.243 e. The number of ether oxygens (including phenoxy) is 2. The number of hydrogen-bond donors (Lipinski definition) is 1. The van der Waals surface area contributed by atoms with Crippen molar-refractivity contribution in [2.24, 2.45) is 0 Å². The van der Waals surface area contributed by atoms with Gasteiger partial charge in [0, 0.05) is 20.1 Å². The molecular weight excluding hydrogens is 270 g/mol. The van der Waals surface area contributed by atoms with E-state index in [4.69, 9.17) is 14.0 Å². The van der Waals surface area contributed by atoms with Gasteiger partial charge in [-0.05, 0) is 24.1 Å². The van der Waals surface area contributed by atoms with Crippen molar-refractivity contribution in [3.8, 4) is 5.75 Å². The summed E-state index contributed by atoms with van der Waals surface area (Å²) in [5, 5.41) is 7.38. The van der Waals surface area contributed by atoms with Gasteiger partial charge in [-0.2, -0.15) is 4.98 Å². The van der Waals surface area contributed by atoms with Crippen molar-refractivity contribution in [3.63, 3.8) is 0 Å². The van der Waals surface area contributed by atoms with Crippen molar-refractivity contribution in [1.82, 2.24) is 15.5 Å². The zero-order chi connectivity index (χ0) is 14.7. The molecule has 1 aliphatic rings. The summed E-state index contributed by atoms with van der Waals surface area (Å²) in [4.78, 5) is 4.47. The minimum Gasteiger partial charge on any atom is -0.497 e. The Hall–Kier alpha value is -1.92. The number of nitrogens with zero attached hydrogens (tertiary/aromatic N) is 2. The summed E-state index contributed by atoms with van der Waals surface area (Å²) in [6.07, 6.45) is 1.72. The highest BCUT2D eigenvalue weighted by Crippen LogP contribution is 2.23. The quantitative estimate of drug-likeness (QED) is 0.904. The van der Waals surface area contributed by atoms with E-state index in [1.54, 1.807) is 14.2 Å². The van der Waals surface area contributed by atoms with Gasteiger partial charge in [0.25, 0.3) is 0 Å². The summed E-state index contributed by atoms with van der Waals surface area (Å²) >= 11 is 0. The van der Waals surface area contributed by atoms with Gasteiger partial charge >= 0.3 is 0 Å². The molecule has 1 aromatic heterocycles. The molecule has 3 rings (SSSR count). The summed E-state index contributed by atoms with van der Waals surface area (Å²) in [6, 6.07) is 7.95. The minimum atomic E-state index is 0.0899. The lowest BCUT2D eigenvalue weighted by atomic mass is 10.1. The van der Waals surface area contributed by atoms with E-state index in [-0.39, 0.29) is 12.1 Å². The fraction of sp³-hybridized carbons (Fsp3) is 0.467. The second-order valence-corrected chi connectivity index (χ2v) is 5.13. The predicted molar refractivity (Wildman–Crippen MR) is 76.3 cm³/mol. The van der Waals surface area contributed by atoms with Gasteiger partial charge in [-0.15, -0.1) is 0 Å². The third-order valence-corrected chi connectivity index (χ3v) is 3.73. The molecule has 0 bridgehead atoms. The number of methoxy groups -OCH3 is 2. The van der Waals surface area contributed by atoms with Crippen molar-refractivity contribution in [1.29, 1.82) is 0 Å². The lowest BCUT2D eigenvalue weighted by Crippen LogP contribution is -2.16. The lowest BCUT2D eigenvalue weighted by molar-refractivity contribution is 0.116. The Balaban J connectivity index is 1.64. The van der Waals surface area contributed by atoms with E-state index in [0.717, 1.165) is 24.3 Å². The van der Waals surface area contributed by atoms with Crippen LogP contribution in [0.2, 0.25) is 0 Å². The van der Waals surface area contributed by atoms with Crippen LogP contribution in [0.25, 0.3) is 0 Å². The van der Waals surface area contributed by atoms with Gasteiger partial charge in [-0.25, -0.2) is 0 Å². The van der Waals surface area contributed by atoms with Gasteiger partial charge in [-0.1, -0.05) is 17.3 Å². The minimum absolute atomic E-state index is 0.0899. The Kier molecular flexibility index (Phi) is 4.17. The van der Waals surface area contributed by atoms with Crippen LogP contribution >= 0.6 is 0 Å². The van der Waals surface area contributed by atoms with Gasteiger partial charge in [0.2, 0.25) is 5.89 Å². The SMILES string of the molecule is COc1ccc(Cc2noc([C@H]3C[C@H](OC)CN3)n2)cc1. The molecule has 2 atom stereocenters. The molecule has 1 aliphatic heterocycles. The van der Waals surface area contributed by atoms with Gasteiger partial charge in [0.1, 0.15) is 5.75 Å². The summed E-state index contributed by atoms with van der Waals surface area (Å²) in [5.41, 5.74) is 1.12. The Morgan fingerprint density at radius 1 is 1.29 bits per heavy atom. The molecule has 1 aromatic carbocycles. The molecule has 2 heterocycles. The molecule has 1 saturated heterocycles. The Morgan fingerprint density at radius 3 is 2.76 bits per heavy atom. The van der Waals surface area contributed by atoms with Crippen LogP contribution in [-0.4, -0.2) is 37.0 Å². The molecule has 1 N–H and O–H groups in total. The summed E-state index contributed by atoms with van der Waals surface area (Å²) in [7, 11) is 3.37. The molecule has 6 heteroatoms. The molecule has 2 aromatic rings. The molecule has 0 radical (unpaired) electrons. The van der Waals surface area contributed by atoms with E-state index in [0.29, 0.717) is 18.1 Å². The highest BCUT2D eigenvalue weighted by molar-refractivity contribution is 5.28. The third kappa shape index (κ3) is 3.22. The maximum absolute atomic E-state index is 5.35. The lowest BCUT2D eigenvalue weighted by Gasteiger charge is -2.04. The maximum atomic E-state index is 5.35. The molecular formula is C15H19N3O3. The largest absolute Gasteiger partial charge is 0.497 e. The molecule has 0 spiro atoms. The van der Waals surface area contributed by atoms with E-state index >= 15 is 0 Å². The van der Waals surface area contributed by atoms with Crippen LogP contribution in [0.3, 0.4) is 0 Å². The number of nitrogens with one attached hydrogen (secondary N) is 1. The molecule has 0 unspecified atom stereocenters. The van der Waals surface area contributed by atoms with Gasteiger partial charge in [-0.3, -0.25) is 0 Å². The number of benzene rings is 1. The van der Waals surface area contributed by atoms with Crippen LogP contribution in [0, 0.1) is 0 Å². The molecule has 0 amide bonds. The van der Waals surface area contributed by atoms with Crippen LogP contribution < -0.4 is 10.1 Å². The normalized spacial score (nSPS) is 21.6. The average Bonchev–Trinajstić information content (AvgIpc) is 3.16. The maximum Gasteiger partial charge on any atom is 0.243 e. The third-order valence-electron chi connectivity index (χ3n) is 3.73. The van der Waals surface area contributed by atoms with E-state index in [1.165, 1.54) is 0 Å². The van der Waals surface area contributed by atoms with Crippen molar-refractivity contribution < 1.29 is 14.0 Å². The molecule has 112 valence electrons. The predicted octanol–water partition coefficient (Wildman–Crippen LogP) is 1.72. The van der Waals surface area contributed by atoms with Crippen LogP contribution in [0.4, 0.5) is 0 Å². The topological polar surface area (TPSA) is 69.4 Å². The molecule has 0 saturated carbocycles. The molecule has 21 heavy (non-hydrogen) atoms. The number of hydrogen-bond acceptors (Lipinski definition) is 6. The monoisotopic (exact) mass is 289 g/mol. The van der Waals surface area contributed by atoms with Crippen molar-refractivity contribution in [2.75, 3.05) is 20.8 Å². The van der Waals surface area contributed by atoms with Crippen LogP contribution in [0.5, 0.6) is 5.75 Å². The van der Waals surface area contributed by atoms with Gasteiger partial charge < -0.3 is 19.3 Å². The van der Waals surface area contributed by atoms with Gasteiger partial charge in [0.05, 0.1) is 19.3 Å². The summed E-state index contributed by atoms with van der Waals surface area (Å²) in [6.45, 7) is 0.817. The fourth-order valence-corrected chi connectivity index (χ4v) is 2.48. The first-order chi connectivity index (χ1) is 10.3. The Bertz CT molecular complexity index is 582.